The maximum absolute atomic E-state index is 12.2. The summed E-state index contributed by atoms with van der Waals surface area (Å²) in [4.78, 5) is 24.2. The molecule has 2 N–H and O–H groups in total. The molecule has 0 saturated heterocycles. The zero-order valence-electron chi connectivity index (χ0n) is 15.2. The van der Waals surface area contributed by atoms with E-state index >= 15 is 0 Å². The highest BCUT2D eigenvalue weighted by atomic mass is 16.2. The molecule has 0 fully saturated rings. The molecule has 4 nitrogen and oxygen atoms in total. The standard InChI is InChI=1S/C21H26N2O2/c1-4-17-7-6-8-18(5-2)21(17)23-20(25)14-22-19(24)13-16-11-9-15(3)10-12-16/h6-12H,4-5,13-14H2,1-3H3,(H,22,24)(H,23,25). The molecule has 0 spiro atoms. The summed E-state index contributed by atoms with van der Waals surface area (Å²) >= 11 is 0. The Balaban J connectivity index is 1.90. The van der Waals surface area contributed by atoms with Crippen LogP contribution in [-0.4, -0.2) is 18.4 Å². The number of rotatable bonds is 7. The molecule has 2 rings (SSSR count). The van der Waals surface area contributed by atoms with Crippen molar-refractivity contribution in [2.75, 3.05) is 11.9 Å². The van der Waals surface area contributed by atoms with Gasteiger partial charge in [0.05, 0.1) is 13.0 Å². The van der Waals surface area contributed by atoms with Crippen molar-refractivity contribution in [3.63, 3.8) is 0 Å². The first-order valence-electron chi connectivity index (χ1n) is 8.76. The zero-order chi connectivity index (χ0) is 18.2. The maximum Gasteiger partial charge on any atom is 0.243 e. The molecule has 0 aromatic heterocycles. The summed E-state index contributed by atoms with van der Waals surface area (Å²) in [7, 11) is 0. The number of amides is 2. The van der Waals surface area contributed by atoms with Gasteiger partial charge in [0, 0.05) is 5.69 Å². The van der Waals surface area contributed by atoms with E-state index in [1.807, 2.05) is 49.4 Å². The molecule has 0 atom stereocenters. The number of anilines is 1. The molecule has 4 heteroatoms. The van der Waals surface area contributed by atoms with Crippen LogP contribution in [0.25, 0.3) is 0 Å². The highest BCUT2D eigenvalue weighted by Gasteiger charge is 2.11. The molecule has 0 aliphatic rings. The van der Waals surface area contributed by atoms with Crippen LogP contribution in [0.3, 0.4) is 0 Å². The van der Waals surface area contributed by atoms with Gasteiger partial charge in [-0.3, -0.25) is 9.59 Å². The molecule has 2 aromatic rings. The smallest absolute Gasteiger partial charge is 0.243 e. The average molecular weight is 338 g/mol. The Morgan fingerprint density at radius 2 is 1.48 bits per heavy atom. The van der Waals surface area contributed by atoms with Crippen molar-refractivity contribution in [3.05, 3.63) is 64.7 Å². The minimum Gasteiger partial charge on any atom is -0.347 e. The topological polar surface area (TPSA) is 58.2 Å². The Morgan fingerprint density at radius 1 is 0.880 bits per heavy atom. The van der Waals surface area contributed by atoms with Gasteiger partial charge in [-0.05, 0) is 36.5 Å². The number of aryl methyl sites for hydroxylation is 3. The Morgan fingerprint density at radius 3 is 2.04 bits per heavy atom. The highest BCUT2D eigenvalue weighted by Crippen LogP contribution is 2.22. The lowest BCUT2D eigenvalue weighted by Crippen LogP contribution is -2.34. The molecule has 2 amide bonds. The van der Waals surface area contributed by atoms with E-state index < -0.39 is 0 Å². The zero-order valence-corrected chi connectivity index (χ0v) is 15.2. The van der Waals surface area contributed by atoms with Crippen LogP contribution in [0, 0.1) is 6.92 Å². The van der Waals surface area contributed by atoms with Gasteiger partial charge < -0.3 is 10.6 Å². The highest BCUT2D eigenvalue weighted by molar-refractivity contribution is 5.96. The third kappa shape index (κ3) is 5.45. The summed E-state index contributed by atoms with van der Waals surface area (Å²) < 4.78 is 0. The number of carbonyl (C=O) groups is 2. The largest absolute Gasteiger partial charge is 0.347 e. The summed E-state index contributed by atoms with van der Waals surface area (Å²) in [6.07, 6.45) is 1.98. The van der Waals surface area contributed by atoms with E-state index in [9.17, 15) is 9.59 Å². The van der Waals surface area contributed by atoms with Crippen molar-refractivity contribution in [2.24, 2.45) is 0 Å². The monoisotopic (exact) mass is 338 g/mol. The van der Waals surface area contributed by atoms with Crippen LogP contribution in [0.15, 0.2) is 42.5 Å². The molecule has 0 heterocycles. The molecule has 0 saturated carbocycles. The lowest BCUT2D eigenvalue weighted by molar-refractivity contribution is -0.123. The fourth-order valence-electron chi connectivity index (χ4n) is 2.72. The van der Waals surface area contributed by atoms with Crippen LogP contribution in [0.1, 0.15) is 36.1 Å². The predicted octanol–water partition coefficient (Wildman–Crippen LogP) is 3.42. The Hall–Kier alpha value is -2.62. The summed E-state index contributed by atoms with van der Waals surface area (Å²) in [6.45, 7) is 6.11. The third-order valence-corrected chi connectivity index (χ3v) is 4.19. The maximum atomic E-state index is 12.2. The van der Waals surface area contributed by atoms with E-state index in [0.717, 1.165) is 40.8 Å². The van der Waals surface area contributed by atoms with Gasteiger partial charge in [0.2, 0.25) is 11.8 Å². The van der Waals surface area contributed by atoms with Crippen molar-refractivity contribution < 1.29 is 9.59 Å². The van der Waals surface area contributed by atoms with Crippen LogP contribution in [0.5, 0.6) is 0 Å². The number of hydrogen-bond donors (Lipinski definition) is 2. The number of carbonyl (C=O) groups excluding carboxylic acids is 2. The second-order valence-electron chi connectivity index (χ2n) is 6.15. The Labute approximate surface area is 149 Å². The molecule has 0 aliphatic heterocycles. The van der Waals surface area contributed by atoms with Crippen molar-refractivity contribution in [1.29, 1.82) is 0 Å². The SMILES string of the molecule is CCc1cccc(CC)c1NC(=O)CNC(=O)Cc1ccc(C)cc1. The first-order chi connectivity index (χ1) is 12.0. The molecule has 2 aromatic carbocycles. The van der Waals surface area contributed by atoms with Gasteiger partial charge in [-0.15, -0.1) is 0 Å². The van der Waals surface area contributed by atoms with E-state index in [2.05, 4.69) is 24.5 Å². The summed E-state index contributed by atoms with van der Waals surface area (Å²) in [6, 6.07) is 13.9. The number of hydrogen-bond acceptors (Lipinski definition) is 2. The lowest BCUT2D eigenvalue weighted by atomic mass is 10.0. The first kappa shape index (κ1) is 18.7. The van der Waals surface area contributed by atoms with E-state index in [4.69, 9.17) is 0 Å². The van der Waals surface area contributed by atoms with Crippen LogP contribution < -0.4 is 10.6 Å². The number of para-hydroxylation sites is 1. The summed E-state index contributed by atoms with van der Waals surface area (Å²) in [5, 5.41) is 5.64. The van der Waals surface area contributed by atoms with Crippen LogP contribution >= 0.6 is 0 Å². The molecular formula is C21H26N2O2. The fourth-order valence-corrected chi connectivity index (χ4v) is 2.72. The van der Waals surface area contributed by atoms with Gasteiger partial charge in [-0.2, -0.15) is 0 Å². The van der Waals surface area contributed by atoms with Crippen LogP contribution in [0.2, 0.25) is 0 Å². The van der Waals surface area contributed by atoms with Crippen molar-refractivity contribution in [1.82, 2.24) is 5.32 Å². The van der Waals surface area contributed by atoms with Gasteiger partial charge in [0.1, 0.15) is 0 Å². The molecule has 0 radical (unpaired) electrons. The molecule has 0 bridgehead atoms. The molecular weight excluding hydrogens is 312 g/mol. The van der Waals surface area contributed by atoms with Crippen molar-refractivity contribution in [3.8, 4) is 0 Å². The average Bonchev–Trinajstić information content (AvgIpc) is 2.62. The van der Waals surface area contributed by atoms with Crippen LogP contribution in [0.4, 0.5) is 5.69 Å². The van der Waals surface area contributed by atoms with Crippen molar-refractivity contribution >= 4 is 17.5 Å². The Kier molecular flexibility index (Phi) is 6.75. The van der Waals surface area contributed by atoms with Gasteiger partial charge in [0.25, 0.3) is 0 Å². The fraction of sp³-hybridized carbons (Fsp3) is 0.333. The minimum absolute atomic E-state index is 0.0219. The summed E-state index contributed by atoms with van der Waals surface area (Å²) in [5.74, 6) is -0.355. The van der Waals surface area contributed by atoms with Crippen molar-refractivity contribution in [2.45, 2.75) is 40.0 Å². The van der Waals surface area contributed by atoms with Gasteiger partial charge >= 0.3 is 0 Å². The quantitative estimate of drug-likeness (QED) is 0.813. The van der Waals surface area contributed by atoms with Gasteiger partial charge in [0.15, 0.2) is 0 Å². The number of nitrogens with one attached hydrogen (secondary N) is 2. The van der Waals surface area contributed by atoms with E-state index in [0.29, 0.717) is 0 Å². The predicted molar refractivity (Wildman–Crippen MR) is 102 cm³/mol. The second-order valence-corrected chi connectivity index (χ2v) is 6.15. The van der Waals surface area contributed by atoms with Gasteiger partial charge in [-0.1, -0.05) is 61.9 Å². The van der Waals surface area contributed by atoms with Gasteiger partial charge in [-0.25, -0.2) is 0 Å². The number of benzene rings is 2. The molecule has 132 valence electrons. The first-order valence-corrected chi connectivity index (χ1v) is 8.76. The Bertz CT molecular complexity index is 714. The van der Waals surface area contributed by atoms with E-state index in [1.54, 1.807) is 0 Å². The van der Waals surface area contributed by atoms with Crippen LogP contribution in [-0.2, 0) is 28.9 Å². The van der Waals surface area contributed by atoms with E-state index in [1.165, 1.54) is 0 Å². The second kappa shape index (κ2) is 9.02. The lowest BCUT2D eigenvalue weighted by Gasteiger charge is -2.14. The molecule has 0 unspecified atom stereocenters. The normalized spacial score (nSPS) is 10.4. The van der Waals surface area contributed by atoms with E-state index in [-0.39, 0.29) is 24.8 Å². The minimum atomic E-state index is -0.201. The molecule has 0 aliphatic carbocycles. The molecule has 25 heavy (non-hydrogen) atoms. The summed E-state index contributed by atoms with van der Waals surface area (Å²) in [5.41, 5.74) is 5.20. The third-order valence-electron chi connectivity index (χ3n) is 4.19.